The SMILES string of the molecule is Cn1cccc2c(Sc3ccc(Cl)cn3)c(-c3ccc4c(c3)CNC4=O)nc1-2. The topological polar surface area (TPSA) is 59.8 Å². The van der Waals surface area contributed by atoms with Crippen molar-refractivity contribution in [1.29, 1.82) is 0 Å². The van der Waals surface area contributed by atoms with E-state index in [2.05, 4.69) is 16.4 Å². The van der Waals surface area contributed by atoms with Gasteiger partial charge in [0.05, 0.1) is 15.6 Å². The maximum Gasteiger partial charge on any atom is 0.251 e. The van der Waals surface area contributed by atoms with E-state index in [1.54, 1.807) is 18.0 Å². The van der Waals surface area contributed by atoms with Gasteiger partial charge in [0.1, 0.15) is 10.9 Å². The summed E-state index contributed by atoms with van der Waals surface area (Å²) in [6.07, 6.45) is 3.63. The number of hydrogen-bond donors (Lipinski definition) is 1. The number of rotatable bonds is 3. The maximum absolute atomic E-state index is 11.9. The summed E-state index contributed by atoms with van der Waals surface area (Å²) >= 11 is 7.55. The highest BCUT2D eigenvalue weighted by Crippen LogP contribution is 2.44. The van der Waals surface area contributed by atoms with E-state index in [0.29, 0.717) is 11.6 Å². The number of aromatic nitrogens is 3. The van der Waals surface area contributed by atoms with Gasteiger partial charge in [-0.15, -0.1) is 0 Å². The average Bonchev–Trinajstić information content (AvgIpc) is 3.25. The summed E-state index contributed by atoms with van der Waals surface area (Å²) < 4.78 is 2.01. The van der Waals surface area contributed by atoms with Gasteiger partial charge in [-0.05, 0) is 42.0 Å². The fraction of sp³-hybridized carbons (Fsp3) is 0.0952. The molecule has 1 aromatic heterocycles. The van der Waals surface area contributed by atoms with E-state index >= 15 is 0 Å². The van der Waals surface area contributed by atoms with Crippen molar-refractivity contribution < 1.29 is 4.79 Å². The monoisotopic (exact) mass is 406 g/mol. The Balaban J connectivity index is 1.67. The van der Waals surface area contributed by atoms with E-state index < -0.39 is 0 Å². The van der Waals surface area contributed by atoms with Crippen molar-refractivity contribution >= 4 is 29.3 Å². The Kier molecular flexibility index (Phi) is 4.10. The molecule has 5 rings (SSSR count). The first-order valence-electron chi connectivity index (χ1n) is 8.76. The number of amides is 1. The van der Waals surface area contributed by atoms with E-state index in [1.807, 2.05) is 54.2 Å². The van der Waals surface area contributed by atoms with Crippen LogP contribution in [0.4, 0.5) is 0 Å². The fourth-order valence-corrected chi connectivity index (χ4v) is 4.50. The van der Waals surface area contributed by atoms with Gasteiger partial charge in [-0.25, -0.2) is 9.97 Å². The lowest BCUT2D eigenvalue weighted by molar-refractivity contribution is 0.0966. The number of benzene rings is 1. The van der Waals surface area contributed by atoms with Gasteiger partial charge in [-0.3, -0.25) is 4.79 Å². The molecule has 7 heteroatoms. The largest absolute Gasteiger partial charge is 0.348 e. The van der Waals surface area contributed by atoms with Crippen LogP contribution in [0.5, 0.6) is 0 Å². The molecule has 0 atom stereocenters. The van der Waals surface area contributed by atoms with Crippen LogP contribution in [0.15, 0.2) is 64.8 Å². The molecule has 0 aliphatic carbocycles. The minimum absolute atomic E-state index is 0.0199. The zero-order valence-corrected chi connectivity index (χ0v) is 16.5. The molecule has 0 bridgehead atoms. The van der Waals surface area contributed by atoms with Crippen LogP contribution < -0.4 is 5.32 Å². The molecule has 5 nitrogen and oxygen atoms in total. The van der Waals surface area contributed by atoms with Crippen LogP contribution in [0.3, 0.4) is 0 Å². The van der Waals surface area contributed by atoms with Crippen LogP contribution in [0.25, 0.3) is 22.6 Å². The molecule has 0 radical (unpaired) electrons. The number of fused-ring (bicyclic) bond motifs is 2. The minimum Gasteiger partial charge on any atom is -0.348 e. The highest BCUT2D eigenvalue weighted by molar-refractivity contribution is 7.99. The smallest absolute Gasteiger partial charge is 0.251 e. The predicted molar refractivity (Wildman–Crippen MR) is 110 cm³/mol. The van der Waals surface area contributed by atoms with E-state index in [4.69, 9.17) is 16.6 Å². The van der Waals surface area contributed by atoms with Gasteiger partial charge in [0, 0.05) is 42.7 Å². The molecule has 28 heavy (non-hydrogen) atoms. The molecule has 2 aromatic rings. The number of nitrogens with zero attached hydrogens (tertiary/aromatic N) is 3. The maximum atomic E-state index is 11.9. The number of pyridine rings is 2. The van der Waals surface area contributed by atoms with Crippen molar-refractivity contribution in [3.8, 4) is 22.6 Å². The summed E-state index contributed by atoms with van der Waals surface area (Å²) in [5.41, 5.74) is 4.68. The molecule has 0 fully saturated rings. The Labute approximate surface area is 171 Å². The minimum atomic E-state index is -0.0199. The molecule has 138 valence electrons. The van der Waals surface area contributed by atoms with Gasteiger partial charge in [0.2, 0.25) is 0 Å². The molecule has 0 saturated carbocycles. The Bertz CT molecular complexity index is 1190. The third-order valence-electron chi connectivity index (χ3n) is 4.79. The number of nitrogens with one attached hydrogen (secondary N) is 1. The van der Waals surface area contributed by atoms with E-state index in [1.165, 1.54) is 0 Å². The average molecular weight is 407 g/mol. The van der Waals surface area contributed by atoms with Gasteiger partial charge in [0.15, 0.2) is 0 Å². The third kappa shape index (κ3) is 2.85. The van der Waals surface area contributed by atoms with Crippen molar-refractivity contribution in [2.24, 2.45) is 7.05 Å². The molecule has 0 saturated heterocycles. The molecule has 0 spiro atoms. The van der Waals surface area contributed by atoms with E-state index in [9.17, 15) is 4.79 Å². The van der Waals surface area contributed by atoms with Gasteiger partial charge in [-0.2, -0.15) is 0 Å². The molecule has 3 aliphatic heterocycles. The van der Waals surface area contributed by atoms with Crippen molar-refractivity contribution in [2.45, 2.75) is 16.5 Å². The summed E-state index contributed by atoms with van der Waals surface area (Å²) in [5.74, 6) is 0.886. The lowest BCUT2D eigenvalue weighted by atomic mass is 10.0. The van der Waals surface area contributed by atoms with Gasteiger partial charge in [-0.1, -0.05) is 29.4 Å². The highest BCUT2D eigenvalue weighted by atomic mass is 35.5. The summed E-state index contributed by atoms with van der Waals surface area (Å²) in [7, 11) is 1.99. The Morgan fingerprint density at radius 3 is 2.89 bits per heavy atom. The second kappa shape index (κ2) is 6.65. The van der Waals surface area contributed by atoms with Crippen molar-refractivity contribution in [2.75, 3.05) is 0 Å². The molecular weight excluding hydrogens is 392 g/mol. The molecular formula is C21H15ClN4OS. The van der Waals surface area contributed by atoms with Gasteiger partial charge < -0.3 is 9.88 Å². The van der Waals surface area contributed by atoms with Crippen LogP contribution in [0.1, 0.15) is 15.9 Å². The summed E-state index contributed by atoms with van der Waals surface area (Å²) in [4.78, 5) is 22.3. The normalized spacial score (nSPS) is 13.0. The van der Waals surface area contributed by atoms with E-state index in [-0.39, 0.29) is 5.91 Å². The van der Waals surface area contributed by atoms with Gasteiger partial charge >= 0.3 is 0 Å². The lowest BCUT2D eigenvalue weighted by Crippen LogP contribution is -2.12. The number of carbonyl (C=O) groups is 1. The molecule has 1 amide bonds. The summed E-state index contributed by atoms with van der Waals surface area (Å²) in [5, 5.41) is 4.33. The highest BCUT2D eigenvalue weighted by Gasteiger charge is 2.24. The summed E-state index contributed by atoms with van der Waals surface area (Å²) in [6, 6.07) is 13.7. The Morgan fingerprint density at radius 1 is 1.18 bits per heavy atom. The second-order valence-electron chi connectivity index (χ2n) is 6.62. The third-order valence-corrected chi connectivity index (χ3v) is 6.09. The number of carbonyl (C=O) groups excluding carboxylic acids is 1. The predicted octanol–water partition coefficient (Wildman–Crippen LogP) is 4.63. The quantitative estimate of drug-likeness (QED) is 0.538. The molecule has 1 aromatic carbocycles. The first-order chi connectivity index (χ1) is 13.6. The van der Waals surface area contributed by atoms with Gasteiger partial charge in [0.25, 0.3) is 5.91 Å². The molecule has 4 heterocycles. The number of hydrogen-bond acceptors (Lipinski definition) is 4. The standard InChI is InChI=1S/C21H15ClN4OS/c1-26-8-2-3-16-19(28-17-7-5-14(22)11-23-17)18(25-20(16)26)12-4-6-15-13(9-12)10-24-21(15)27/h2-9,11H,10H2,1H3,(H,24,27). The Hall–Kier alpha value is -2.83. The van der Waals surface area contributed by atoms with Crippen LogP contribution in [0.2, 0.25) is 5.02 Å². The summed E-state index contributed by atoms with van der Waals surface area (Å²) in [6.45, 7) is 0.553. The van der Waals surface area contributed by atoms with Crippen LogP contribution in [-0.2, 0) is 13.6 Å². The van der Waals surface area contributed by atoms with E-state index in [0.717, 1.165) is 43.7 Å². The second-order valence-corrected chi connectivity index (χ2v) is 8.08. The van der Waals surface area contributed by atoms with Crippen LogP contribution >= 0.6 is 23.4 Å². The van der Waals surface area contributed by atoms with Crippen molar-refractivity contribution in [1.82, 2.24) is 19.9 Å². The fourth-order valence-electron chi connectivity index (χ4n) is 3.41. The lowest BCUT2D eigenvalue weighted by Gasteiger charge is -2.07. The van der Waals surface area contributed by atoms with Crippen molar-refractivity contribution in [3.05, 3.63) is 71.0 Å². The zero-order chi connectivity index (χ0) is 19.3. The number of halogens is 1. The molecule has 3 aliphatic rings. The number of aryl methyl sites for hydroxylation is 1. The zero-order valence-electron chi connectivity index (χ0n) is 14.9. The molecule has 1 N–H and O–H groups in total. The Morgan fingerprint density at radius 2 is 2.07 bits per heavy atom. The van der Waals surface area contributed by atoms with Crippen LogP contribution in [-0.4, -0.2) is 20.4 Å². The van der Waals surface area contributed by atoms with Crippen LogP contribution in [0, 0.1) is 0 Å². The van der Waals surface area contributed by atoms with Crippen molar-refractivity contribution in [3.63, 3.8) is 0 Å². The first-order valence-corrected chi connectivity index (χ1v) is 9.95. The molecule has 0 unspecified atom stereocenters. The first kappa shape index (κ1) is 17.3.